The summed E-state index contributed by atoms with van der Waals surface area (Å²) < 4.78 is 10.3. The quantitative estimate of drug-likeness (QED) is 0.412. The van der Waals surface area contributed by atoms with Gasteiger partial charge in [0, 0.05) is 0 Å². The zero-order chi connectivity index (χ0) is 15.8. The van der Waals surface area contributed by atoms with Gasteiger partial charge in [-0.1, -0.05) is 49.6 Å². The van der Waals surface area contributed by atoms with Crippen LogP contribution >= 0.6 is 0 Å². The van der Waals surface area contributed by atoms with Crippen molar-refractivity contribution in [2.24, 2.45) is 0 Å². The maximum absolute atomic E-state index is 11.7. The Morgan fingerprint density at radius 2 is 1.41 bits per heavy atom. The molecule has 0 saturated heterocycles. The summed E-state index contributed by atoms with van der Waals surface area (Å²) in [4.78, 5) is 11.7. The molecule has 0 amide bonds. The van der Waals surface area contributed by atoms with Gasteiger partial charge in [-0.25, -0.2) is 4.79 Å². The molecule has 116 valence electrons. The van der Waals surface area contributed by atoms with Gasteiger partial charge in [-0.3, -0.25) is 0 Å². The maximum Gasteiger partial charge on any atom is 0.519 e. The van der Waals surface area contributed by atoms with Gasteiger partial charge in [-0.15, -0.1) is 0 Å². The van der Waals surface area contributed by atoms with Crippen LogP contribution in [0.5, 0.6) is 11.5 Å². The van der Waals surface area contributed by atoms with Gasteiger partial charge >= 0.3 is 6.16 Å². The first-order chi connectivity index (χ1) is 10.7. The predicted molar refractivity (Wildman–Crippen MR) is 87.5 cm³/mol. The van der Waals surface area contributed by atoms with E-state index >= 15 is 0 Å². The summed E-state index contributed by atoms with van der Waals surface area (Å²) in [6.07, 6.45) is 3.98. The van der Waals surface area contributed by atoms with Gasteiger partial charge in [0.2, 0.25) is 0 Å². The predicted octanol–water partition coefficient (Wildman–Crippen LogP) is 5.31. The zero-order valence-corrected chi connectivity index (χ0v) is 13.2. The Labute approximate surface area is 131 Å². The standard InChI is InChI=1S/C19H22O3/c1-3-4-5-6-16-9-13-18(14-10-16)22-19(20)21-17-11-7-15(2)8-12-17/h7-14H,3-6H2,1-2H3. The number of ether oxygens (including phenoxy) is 2. The smallest absolute Gasteiger partial charge is 0.395 e. The number of benzene rings is 2. The molecule has 0 radical (unpaired) electrons. The third-order valence-corrected chi connectivity index (χ3v) is 3.42. The lowest BCUT2D eigenvalue weighted by atomic mass is 10.1. The topological polar surface area (TPSA) is 35.5 Å². The molecular formula is C19H22O3. The summed E-state index contributed by atoms with van der Waals surface area (Å²) in [6.45, 7) is 4.17. The van der Waals surface area contributed by atoms with Crippen LogP contribution in [0, 0.1) is 6.92 Å². The van der Waals surface area contributed by atoms with Crippen LogP contribution in [0.15, 0.2) is 48.5 Å². The minimum atomic E-state index is -0.720. The first-order valence-corrected chi connectivity index (χ1v) is 7.72. The van der Waals surface area contributed by atoms with Crippen LogP contribution in [0.1, 0.15) is 37.3 Å². The molecule has 2 rings (SSSR count). The first kappa shape index (κ1) is 16.1. The zero-order valence-electron chi connectivity index (χ0n) is 13.2. The fourth-order valence-electron chi connectivity index (χ4n) is 2.12. The molecule has 0 unspecified atom stereocenters. The van der Waals surface area contributed by atoms with Crippen LogP contribution in [0.25, 0.3) is 0 Å². The highest BCUT2D eigenvalue weighted by Gasteiger charge is 2.07. The van der Waals surface area contributed by atoms with Crippen LogP contribution in [0.4, 0.5) is 4.79 Å². The van der Waals surface area contributed by atoms with E-state index in [1.807, 2.05) is 31.2 Å². The number of hydrogen-bond acceptors (Lipinski definition) is 3. The second kappa shape index (κ2) is 8.23. The highest BCUT2D eigenvalue weighted by molar-refractivity contribution is 5.67. The molecule has 0 N–H and O–H groups in total. The molecule has 2 aromatic carbocycles. The minimum absolute atomic E-state index is 0.479. The fraction of sp³-hybridized carbons (Fsp3) is 0.316. The lowest BCUT2D eigenvalue weighted by Crippen LogP contribution is -2.13. The van der Waals surface area contributed by atoms with Gasteiger partial charge in [0.15, 0.2) is 0 Å². The molecule has 0 fully saturated rings. The summed E-state index contributed by atoms with van der Waals surface area (Å²) in [7, 11) is 0. The van der Waals surface area contributed by atoms with E-state index in [1.54, 1.807) is 24.3 Å². The molecule has 2 aromatic rings. The first-order valence-electron chi connectivity index (χ1n) is 7.72. The molecule has 0 aromatic heterocycles. The lowest BCUT2D eigenvalue weighted by Gasteiger charge is -2.07. The maximum atomic E-state index is 11.7. The van der Waals surface area contributed by atoms with E-state index in [0.717, 1.165) is 12.0 Å². The lowest BCUT2D eigenvalue weighted by molar-refractivity contribution is 0.152. The van der Waals surface area contributed by atoms with Gasteiger partial charge in [0.05, 0.1) is 0 Å². The average Bonchev–Trinajstić information content (AvgIpc) is 2.51. The normalized spacial score (nSPS) is 10.3. The molecule has 0 aliphatic rings. The molecule has 22 heavy (non-hydrogen) atoms. The Morgan fingerprint density at radius 3 is 1.95 bits per heavy atom. The van der Waals surface area contributed by atoms with Crippen LogP contribution in [-0.2, 0) is 6.42 Å². The molecule has 0 atom stereocenters. The molecule has 3 heteroatoms. The molecule has 0 spiro atoms. The van der Waals surface area contributed by atoms with Gasteiger partial charge < -0.3 is 9.47 Å². The molecule has 0 bridgehead atoms. The third kappa shape index (κ3) is 5.24. The van der Waals surface area contributed by atoms with Crippen molar-refractivity contribution in [3.63, 3.8) is 0 Å². The van der Waals surface area contributed by atoms with E-state index < -0.39 is 6.16 Å². The number of rotatable bonds is 6. The van der Waals surface area contributed by atoms with Gasteiger partial charge in [0.1, 0.15) is 11.5 Å². The summed E-state index contributed by atoms with van der Waals surface area (Å²) >= 11 is 0. The molecule has 0 saturated carbocycles. The highest BCUT2D eigenvalue weighted by atomic mass is 16.7. The summed E-state index contributed by atoms with van der Waals surface area (Å²) in [5.74, 6) is 0.975. The van der Waals surface area contributed by atoms with Crippen molar-refractivity contribution in [3.8, 4) is 11.5 Å². The van der Waals surface area contributed by atoms with Crippen LogP contribution in [0.3, 0.4) is 0 Å². The summed E-state index contributed by atoms with van der Waals surface area (Å²) in [6, 6.07) is 14.8. The highest BCUT2D eigenvalue weighted by Crippen LogP contribution is 2.17. The van der Waals surface area contributed by atoms with Crippen molar-refractivity contribution >= 4 is 6.16 Å². The van der Waals surface area contributed by atoms with Crippen molar-refractivity contribution in [2.45, 2.75) is 39.5 Å². The van der Waals surface area contributed by atoms with Gasteiger partial charge in [-0.2, -0.15) is 0 Å². The minimum Gasteiger partial charge on any atom is -0.395 e. The van der Waals surface area contributed by atoms with Crippen LogP contribution in [0.2, 0.25) is 0 Å². The molecule has 0 aliphatic carbocycles. The average molecular weight is 298 g/mol. The van der Waals surface area contributed by atoms with E-state index in [2.05, 4.69) is 6.92 Å². The Bertz CT molecular complexity index is 585. The van der Waals surface area contributed by atoms with Crippen LogP contribution in [-0.4, -0.2) is 6.16 Å². The SMILES string of the molecule is CCCCCc1ccc(OC(=O)Oc2ccc(C)cc2)cc1. The Balaban J connectivity index is 1.84. The third-order valence-electron chi connectivity index (χ3n) is 3.42. The largest absolute Gasteiger partial charge is 0.519 e. The van der Waals surface area contributed by atoms with E-state index in [0.29, 0.717) is 11.5 Å². The van der Waals surface area contributed by atoms with E-state index in [4.69, 9.17) is 9.47 Å². The number of carbonyl (C=O) groups excluding carboxylic acids is 1. The van der Waals surface area contributed by atoms with Crippen LogP contribution < -0.4 is 9.47 Å². The fourth-order valence-corrected chi connectivity index (χ4v) is 2.12. The van der Waals surface area contributed by atoms with E-state index in [-0.39, 0.29) is 0 Å². The number of aryl methyl sites for hydroxylation is 2. The van der Waals surface area contributed by atoms with Crippen molar-refractivity contribution in [1.29, 1.82) is 0 Å². The van der Waals surface area contributed by atoms with Crippen molar-refractivity contribution in [2.75, 3.05) is 0 Å². The summed E-state index contributed by atoms with van der Waals surface area (Å²) in [5, 5.41) is 0. The second-order valence-corrected chi connectivity index (χ2v) is 5.37. The Hall–Kier alpha value is -2.29. The molecule has 0 aliphatic heterocycles. The van der Waals surface area contributed by atoms with E-state index in [1.165, 1.54) is 24.8 Å². The summed E-state index contributed by atoms with van der Waals surface area (Å²) in [5.41, 5.74) is 2.37. The van der Waals surface area contributed by atoms with Gasteiger partial charge in [-0.05, 0) is 49.6 Å². The Kier molecular flexibility index (Phi) is 6.01. The van der Waals surface area contributed by atoms with Crippen molar-refractivity contribution in [3.05, 3.63) is 59.7 Å². The van der Waals surface area contributed by atoms with Gasteiger partial charge in [0.25, 0.3) is 0 Å². The van der Waals surface area contributed by atoms with Crippen molar-refractivity contribution < 1.29 is 14.3 Å². The number of unbranched alkanes of at least 4 members (excludes halogenated alkanes) is 2. The Morgan fingerprint density at radius 1 is 0.864 bits per heavy atom. The second-order valence-electron chi connectivity index (χ2n) is 5.37. The molecule has 0 heterocycles. The number of hydrogen-bond donors (Lipinski definition) is 0. The monoisotopic (exact) mass is 298 g/mol. The molecule has 3 nitrogen and oxygen atoms in total. The molecular weight excluding hydrogens is 276 g/mol. The van der Waals surface area contributed by atoms with E-state index in [9.17, 15) is 4.79 Å². The number of carbonyl (C=O) groups is 1. The van der Waals surface area contributed by atoms with Crippen molar-refractivity contribution in [1.82, 2.24) is 0 Å².